The van der Waals surface area contributed by atoms with Crippen molar-refractivity contribution >= 4 is 17.6 Å². The normalized spacial score (nSPS) is 10.0. The standard InChI is InChI=1S/C18H21ClN2O4/c1-23-15-8-5-9-16(17(15)24-2)25-11-10-20-18(22)21-12-13-6-3-4-7-14(13)19/h3-9H,10-12H2,1-2H3,(H2,20,21,22). The molecule has 0 aromatic heterocycles. The Morgan fingerprint density at radius 2 is 1.76 bits per heavy atom. The average molecular weight is 365 g/mol. The van der Waals surface area contributed by atoms with Crippen LogP contribution in [0.25, 0.3) is 0 Å². The zero-order chi connectivity index (χ0) is 18.1. The van der Waals surface area contributed by atoms with Crippen molar-refractivity contribution in [1.82, 2.24) is 10.6 Å². The van der Waals surface area contributed by atoms with Gasteiger partial charge in [0.1, 0.15) is 6.61 Å². The van der Waals surface area contributed by atoms with Gasteiger partial charge in [0, 0.05) is 11.6 Å². The van der Waals surface area contributed by atoms with Crippen LogP contribution in [-0.2, 0) is 6.54 Å². The molecule has 0 spiro atoms. The van der Waals surface area contributed by atoms with Crippen LogP contribution in [-0.4, -0.2) is 33.4 Å². The molecule has 6 nitrogen and oxygen atoms in total. The highest BCUT2D eigenvalue weighted by Gasteiger charge is 2.10. The smallest absolute Gasteiger partial charge is 0.315 e. The number of carbonyl (C=O) groups excluding carboxylic acids is 1. The highest BCUT2D eigenvalue weighted by atomic mass is 35.5. The molecule has 0 saturated carbocycles. The van der Waals surface area contributed by atoms with Crippen LogP contribution in [0.15, 0.2) is 42.5 Å². The fourth-order valence-electron chi connectivity index (χ4n) is 2.18. The van der Waals surface area contributed by atoms with Gasteiger partial charge in [-0.3, -0.25) is 0 Å². The summed E-state index contributed by atoms with van der Waals surface area (Å²) in [6.07, 6.45) is 0. The van der Waals surface area contributed by atoms with Gasteiger partial charge in [0.05, 0.1) is 20.8 Å². The number of hydrogen-bond acceptors (Lipinski definition) is 4. The molecule has 0 fully saturated rings. The summed E-state index contributed by atoms with van der Waals surface area (Å²) in [5, 5.41) is 6.08. The Bertz CT molecular complexity index is 709. The summed E-state index contributed by atoms with van der Waals surface area (Å²) < 4.78 is 16.1. The molecule has 134 valence electrons. The van der Waals surface area contributed by atoms with E-state index in [0.717, 1.165) is 5.56 Å². The molecule has 0 heterocycles. The predicted molar refractivity (Wildman–Crippen MR) is 96.7 cm³/mol. The molecule has 7 heteroatoms. The summed E-state index contributed by atoms with van der Waals surface area (Å²) >= 11 is 6.04. The third-order valence-corrected chi connectivity index (χ3v) is 3.78. The summed E-state index contributed by atoms with van der Waals surface area (Å²) in [6, 6.07) is 12.4. The van der Waals surface area contributed by atoms with Crippen molar-refractivity contribution in [3.8, 4) is 17.2 Å². The number of para-hydroxylation sites is 1. The second-order valence-electron chi connectivity index (χ2n) is 5.04. The molecule has 2 rings (SSSR count). The lowest BCUT2D eigenvalue weighted by Crippen LogP contribution is -2.37. The molecular formula is C18H21ClN2O4. The molecule has 2 aromatic carbocycles. The van der Waals surface area contributed by atoms with E-state index in [4.69, 9.17) is 25.8 Å². The molecule has 0 aliphatic carbocycles. The van der Waals surface area contributed by atoms with Crippen LogP contribution in [0.5, 0.6) is 17.2 Å². The summed E-state index contributed by atoms with van der Waals surface area (Å²) in [6.45, 7) is 0.994. The van der Waals surface area contributed by atoms with Crippen LogP contribution < -0.4 is 24.8 Å². The van der Waals surface area contributed by atoms with Gasteiger partial charge in [-0.25, -0.2) is 4.79 Å². The lowest BCUT2D eigenvalue weighted by molar-refractivity contribution is 0.235. The molecule has 0 radical (unpaired) electrons. The number of amides is 2. The lowest BCUT2D eigenvalue weighted by Gasteiger charge is -2.14. The Morgan fingerprint density at radius 3 is 2.48 bits per heavy atom. The van der Waals surface area contributed by atoms with Gasteiger partial charge in [-0.2, -0.15) is 0 Å². The van der Waals surface area contributed by atoms with Crippen LogP contribution in [0.3, 0.4) is 0 Å². The minimum absolute atomic E-state index is 0.291. The maximum atomic E-state index is 11.8. The SMILES string of the molecule is COc1cccc(OCCNC(=O)NCc2ccccc2Cl)c1OC. The van der Waals surface area contributed by atoms with E-state index in [2.05, 4.69) is 10.6 Å². The van der Waals surface area contributed by atoms with Crippen molar-refractivity contribution in [2.75, 3.05) is 27.4 Å². The van der Waals surface area contributed by atoms with Crippen molar-refractivity contribution in [2.45, 2.75) is 6.54 Å². The third-order valence-electron chi connectivity index (χ3n) is 3.41. The number of halogens is 1. The Hall–Kier alpha value is -2.60. The number of nitrogens with one attached hydrogen (secondary N) is 2. The number of carbonyl (C=O) groups is 1. The highest BCUT2D eigenvalue weighted by Crippen LogP contribution is 2.36. The van der Waals surface area contributed by atoms with E-state index in [1.807, 2.05) is 18.2 Å². The van der Waals surface area contributed by atoms with Gasteiger partial charge in [0.15, 0.2) is 11.5 Å². The Balaban J connectivity index is 1.74. The Morgan fingerprint density at radius 1 is 1.00 bits per heavy atom. The van der Waals surface area contributed by atoms with Gasteiger partial charge in [-0.15, -0.1) is 0 Å². The van der Waals surface area contributed by atoms with E-state index < -0.39 is 0 Å². The van der Waals surface area contributed by atoms with Crippen LogP contribution in [0.1, 0.15) is 5.56 Å². The van der Waals surface area contributed by atoms with Crippen LogP contribution in [0.2, 0.25) is 5.02 Å². The molecule has 0 bridgehead atoms. The van der Waals surface area contributed by atoms with Crippen LogP contribution in [0, 0.1) is 0 Å². The maximum Gasteiger partial charge on any atom is 0.315 e. The first-order chi connectivity index (χ1) is 12.2. The summed E-state index contributed by atoms with van der Waals surface area (Å²) in [5.74, 6) is 1.67. The second kappa shape index (κ2) is 9.64. The largest absolute Gasteiger partial charge is 0.493 e. The number of ether oxygens (including phenoxy) is 3. The predicted octanol–water partition coefficient (Wildman–Crippen LogP) is 3.24. The van der Waals surface area contributed by atoms with Crippen molar-refractivity contribution in [3.05, 3.63) is 53.1 Å². The monoisotopic (exact) mass is 364 g/mol. The molecule has 2 amide bonds. The highest BCUT2D eigenvalue weighted by molar-refractivity contribution is 6.31. The van der Waals surface area contributed by atoms with Crippen molar-refractivity contribution in [2.24, 2.45) is 0 Å². The third kappa shape index (κ3) is 5.46. The summed E-state index contributed by atoms with van der Waals surface area (Å²) in [4.78, 5) is 11.8. The van der Waals surface area contributed by atoms with Gasteiger partial charge < -0.3 is 24.8 Å². The van der Waals surface area contributed by atoms with Gasteiger partial charge >= 0.3 is 6.03 Å². The first-order valence-corrected chi connectivity index (χ1v) is 8.12. The minimum atomic E-state index is -0.291. The molecule has 0 atom stereocenters. The van der Waals surface area contributed by atoms with Crippen LogP contribution >= 0.6 is 11.6 Å². The van der Waals surface area contributed by atoms with Crippen LogP contribution in [0.4, 0.5) is 4.79 Å². The molecule has 0 aliphatic heterocycles. The quantitative estimate of drug-likeness (QED) is 0.705. The average Bonchev–Trinajstić information content (AvgIpc) is 2.64. The zero-order valence-corrected chi connectivity index (χ0v) is 14.9. The number of methoxy groups -OCH3 is 2. The van der Waals surface area contributed by atoms with Gasteiger partial charge in [-0.05, 0) is 23.8 Å². The minimum Gasteiger partial charge on any atom is -0.493 e. The molecule has 0 saturated heterocycles. The molecule has 0 aliphatic rings. The molecular weight excluding hydrogens is 344 g/mol. The van der Waals surface area contributed by atoms with E-state index in [1.165, 1.54) is 0 Å². The summed E-state index contributed by atoms with van der Waals surface area (Å²) in [7, 11) is 3.11. The van der Waals surface area contributed by atoms with E-state index in [1.54, 1.807) is 38.5 Å². The first kappa shape index (κ1) is 18.7. The van der Waals surface area contributed by atoms with Crippen molar-refractivity contribution in [1.29, 1.82) is 0 Å². The maximum absolute atomic E-state index is 11.8. The molecule has 25 heavy (non-hydrogen) atoms. The fourth-order valence-corrected chi connectivity index (χ4v) is 2.38. The zero-order valence-electron chi connectivity index (χ0n) is 14.2. The molecule has 2 N–H and O–H groups in total. The Kier molecular flexibility index (Phi) is 7.22. The van der Waals surface area contributed by atoms with Gasteiger partial charge in [-0.1, -0.05) is 35.9 Å². The topological polar surface area (TPSA) is 68.8 Å². The second-order valence-corrected chi connectivity index (χ2v) is 5.45. The number of urea groups is 1. The van der Waals surface area contributed by atoms with E-state index in [-0.39, 0.29) is 6.03 Å². The number of rotatable bonds is 8. The van der Waals surface area contributed by atoms with Crippen molar-refractivity contribution < 1.29 is 19.0 Å². The molecule has 0 unspecified atom stereocenters. The summed E-state index contributed by atoms with van der Waals surface area (Å²) in [5.41, 5.74) is 0.858. The lowest BCUT2D eigenvalue weighted by atomic mass is 10.2. The van der Waals surface area contributed by atoms with E-state index >= 15 is 0 Å². The van der Waals surface area contributed by atoms with Gasteiger partial charge in [0.2, 0.25) is 5.75 Å². The number of hydrogen-bond donors (Lipinski definition) is 2. The van der Waals surface area contributed by atoms with E-state index in [0.29, 0.717) is 42.0 Å². The first-order valence-electron chi connectivity index (χ1n) is 7.74. The van der Waals surface area contributed by atoms with E-state index in [9.17, 15) is 4.79 Å². The molecule has 2 aromatic rings. The Labute approximate surface area is 152 Å². The van der Waals surface area contributed by atoms with Crippen molar-refractivity contribution in [3.63, 3.8) is 0 Å². The fraction of sp³-hybridized carbons (Fsp3) is 0.278. The number of benzene rings is 2. The van der Waals surface area contributed by atoms with Gasteiger partial charge in [0.25, 0.3) is 0 Å².